The topological polar surface area (TPSA) is 52.7 Å². The maximum atomic E-state index is 12.7. The van der Waals surface area contributed by atoms with Crippen molar-refractivity contribution >= 4 is 21.4 Å². The molecule has 2 aromatic carbocycles. The van der Waals surface area contributed by atoms with Crippen LogP contribution in [0.4, 0.5) is 11.4 Å². The van der Waals surface area contributed by atoms with Crippen LogP contribution in [0.1, 0.15) is 37.7 Å². The third-order valence-corrected chi connectivity index (χ3v) is 7.21. The second-order valence-electron chi connectivity index (χ2n) is 7.85. The van der Waals surface area contributed by atoms with E-state index in [0.29, 0.717) is 16.5 Å². The minimum absolute atomic E-state index is 0.298. The summed E-state index contributed by atoms with van der Waals surface area (Å²) in [6.07, 6.45) is 3.57. The quantitative estimate of drug-likeness (QED) is 0.767. The molecule has 1 unspecified atom stereocenters. The fraction of sp³-hybridized carbons (Fsp3) is 0.455. The predicted molar refractivity (Wildman–Crippen MR) is 115 cm³/mol. The smallest absolute Gasteiger partial charge is 0.261 e. The van der Waals surface area contributed by atoms with Crippen LogP contribution in [-0.2, 0) is 10.0 Å². The minimum atomic E-state index is -3.57. The standard InChI is InChI=1S/C22H29N3O2S/c1-2-13-24-16-12-19(17-24)18-4-6-20(7-5-18)23-28(26,27)22-10-8-21(9-11-22)25-14-3-15-25/h4-11,19,23H,2-3,12-17H2,1H3. The van der Waals surface area contributed by atoms with E-state index in [4.69, 9.17) is 0 Å². The molecule has 2 aromatic rings. The summed E-state index contributed by atoms with van der Waals surface area (Å²) in [5, 5.41) is 0. The van der Waals surface area contributed by atoms with Crippen LogP contribution in [0.25, 0.3) is 0 Å². The van der Waals surface area contributed by atoms with E-state index in [9.17, 15) is 8.42 Å². The molecule has 0 radical (unpaired) electrons. The Kier molecular flexibility index (Phi) is 5.60. The molecule has 1 atom stereocenters. The van der Waals surface area contributed by atoms with Crippen molar-refractivity contribution in [1.29, 1.82) is 0 Å². The zero-order valence-electron chi connectivity index (χ0n) is 16.5. The van der Waals surface area contributed by atoms with Gasteiger partial charge in [0.2, 0.25) is 0 Å². The average molecular weight is 400 g/mol. The van der Waals surface area contributed by atoms with Gasteiger partial charge in [-0.25, -0.2) is 8.42 Å². The molecule has 0 aliphatic carbocycles. The van der Waals surface area contributed by atoms with Crippen molar-refractivity contribution in [2.75, 3.05) is 42.3 Å². The molecule has 0 amide bonds. The third kappa shape index (κ3) is 4.18. The Morgan fingerprint density at radius 3 is 2.32 bits per heavy atom. The van der Waals surface area contributed by atoms with Crippen LogP contribution in [0.3, 0.4) is 0 Å². The Labute approximate surface area is 168 Å². The zero-order valence-corrected chi connectivity index (χ0v) is 17.3. The summed E-state index contributed by atoms with van der Waals surface area (Å²) < 4.78 is 28.1. The molecule has 6 heteroatoms. The highest BCUT2D eigenvalue weighted by Gasteiger charge is 2.23. The fourth-order valence-corrected chi connectivity index (χ4v) is 5.13. The first kappa shape index (κ1) is 19.3. The van der Waals surface area contributed by atoms with Crippen molar-refractivity contribution in [3.63, 3.8) is 0 Å². The highest BCUT2D eigenvalue weighted by atomic mass is 32.2. The van der Waals surface area contributed by atoms with Crippen LogP contribution in [0.2, 0.25) is 0 Å². The Bertz CT molecular complexity index is 890. The maximum Gasteiger partial charge on any atom is 0.261 e. The highest BCUT2D eigenvalue weighted by Crippen LogP contribution is 2.29. The summed E-state index contributed by atoms with van der Waals surface area (Å²) in [5.41, 5.74) is 2.99. The lowest BCUT2D eigenvalue weighted by Crippen LogP contribution is -2.36. The van der Waals surface area contributed by atoms with E-state index in [1.165, 1.54) is 24.8 Å². The zero-order chi connectivity index (χ0) is 19.6. The van der Waals surface area contributed by atoms with Crippen molar-refractivity contribution in [1.82, 2.24) is 4.90 Å². The van der Waals surface area contributed by atoms with Crippen molar-refractivity contribution in [3.05, 3.63) is 54.1 Å². The molecular formula is C22H29N3O2S. The lowest BCUT2D eigenvalue weighted by atomic mass is 9.98. The molecule has 4 rings (SSSR count). The van der Waals surface area contributed by atoms with Gasteiger partial charge in [-0.1, -0.05) is 19.1 Å². The minimum Gasteiger partial charge on any atom is -0.371 e. The molecule has 2 aliphatic heterocycles. The van der Waals surface area contributed by atoms with E-state index in [-0.39, 0.29) is 0 Å². The predicted octanol–water partition coefficient (Wildman–Crippen LogP) is 3.90. The van der Waals surface area contributed by atoms with Crippen molar-refractivity contribution < 1.29 is 8.42 Å². The summed E-state index contributed by atoms with van der Waals surface area (Å²) in [7, 11) is -3.57. The third-order valence-electron chi connectivity index (χ3n) is 5.81. The molecule has 2 fully saturated rings. The van der Waals surface area contributed by atoms with Crippen LogP contribution in [0, 0.1) is 0 Å². The second kappa shape index (κ2) is 8.13. The van der Waals surface area contributed by atoms with E-state index >= 15 is 0 Å². The summed E-state index contributed by atoms with van der Waals surface area (Å²) in [5.74, 6) is 0.547. The molecule has 0 bridgehead atoms. The highest BCUT2D eigenvalue weighted by molar-refractivity contribution is 7.92. The number of benzene rings is 2. The largest absolute Gasteiger partial charge is 0.371 e. The van der Waals surface area contributed by atoms with Gasteiger partial charge in [-0.2, -0.15) is 0 Å². The van der Waals surface area contributed by atoms with Gasteiger partial charge in [0.05, 0.1) is 4.90 Å². The van der Waals surface area contributed by atoms with Gasteiger partial charge in [0.1, 0.15) is 0 Å². The van der Waals surface area contributed by atoms with Crippen LogP contribution < -0.4 is 9.62 Å². The summed E-state index contributed by atoms with van der Waals surface area (Å²) in [6.45, 7) is 7.72. The van der Waals surface area contributed by atoms with Crippen LogP contribution in [-0.4, -0.2) is 46.0 Å². The number of likely N-dealkylation sites (tertiary alicyclic amines) is 1. The molecule has 0 aromatic heterocycles. The van der Waals surface area contributed by atoms with E-state index in [2.05, 4.69) is 33.6 Å². The first-order chi connectivity index (χ1) is 13.5. The monoisotopic (exact) mass is 399 g/mol. The van der Waals surface area contributed by atoms with E-state index in [1.54, 1.807) is 12.1 Å². The van der Waals surface area contributed by atoms with E-state index < -0.39 is 10.0 Å². The number of anilines is 2. The van der Waals surface area contributed by atoms with Gasteiger partial charge in [-0.15, -0.1) is 0 Å². The Morgan fingerprint density at radius 2 is 1.71 bits per heavy atom. The normalized spacial score (nSPS) is 20.2. The number of hydrogen-bond acceptors (Lipinski definition) is 4. The molecular weight excluding hydrogens is 370 g/mol. The fourth-order valence-electron chi connectivity index (χ4n) is 4.07. The molecule has 5 nitrogen and oxygen atoms in total. The van der Waals surface area contributed by atoms with Crippen molar-refractivity contribution in [2.24, 2.45) is 0 Å². The number of sulfonamides is 1. The van der Waals surface area contributed by atoms with E-state index in [0.717, 1.165) is 38.4 Å². The maximum absolute atomic E-state index is 12.7. The molecule has 2 heterocycles. The van der Waals surface area contributed by atoms with Gasteiger partial charge in [-0.3, -0.25) is 4.72 Å². The van der Waals surface area contributed by atoms with Crippen LogP contribution in [0.15, 0.2) is 53.4 Å². The second-order valence-corrected chi connectivity index (χ2v) is 9.53. The van der Waals surface area contributed by atoms with Crippen LogP contribution >= 0.6 is 0 Å². The SMILES string of the molecule is CCCN1CCC(c2ccc(NS(=O)(=O)c3ccc(N4CCC4)cc3)cc2)C1. The van der Waals surface area contributed by atoms with Gasteiger partial charge in [0, 0.05) is 31.0 Å². The van der Waals surface area contributed by atoms with Crippen molar-refractivity contribution in [3.8, 4) is 0 Å². The molecule has 1 N–H and O–H groups in total. The summed E-state index contributed by atoms with van der Waals surface area (Å²) in [4.78, 5) is 5.05. The molecule has 2 saturated heterocycles. The molecule has 0 saturated carbocycles. The van der Waals surface area contributed by atoms with Gasteiger partial charge >= 0.3 is 0 Å². The Morgan fingerprint density at radius 1 is 1.00 bits per heavy atom. The van der Waals surface area contributed by atoms with Crippen molar-refractivity contribution in [2.45, 2.75) is 37.0 Å². The molecule has 150 valence electrons. The van der Waals surface area contributed by atoms with Gasteiger partial charge in [0.15, 0.2) is 0 Å². The first-order valence-corrected chi connectivity index (χ1v) is 11.7. The summed E-state index contributed by atoms with van der Waals surface area (Å²) in [6, 6.07) is 15.0. The number of nitrogens with one attached hydrogen (secondary N) is 1. The number of hydrogen-bond donors (Lipinski definition) is 1. The van der Waals surface area contributed by atoms with Gasteiger partial charge in [-0.05, 0) is 80.2 Å². The van der Waals surface area contributed by atoms with E-state index in [1.807, 2.05) is 24.3 Å². The average Bonchev–Trinajstić information content (AvgIpc) is 3.10. The first-order valence-electron chi connectivity index (χ1n) is 10.3. The van der Waals surface area contributed by atoms with Crippen LogP contribution in [0.5, 0.6) is 0 Å². The number of nitrogens with zero attached hydrogens (tertiary/aromatic N) is 2. The Balaban J connectivity index is 1.40. The Hall–Kier alpha value is -2.05. The lowest BCUT2D eigenvalue weighted by Gasteiger charge is -2.33. The van der Waals surface area contributed by atoms with Gasteiger partial charge < -0.3 is 9.80 Å². The lowest BCUT2D eigenvalue weighted by molar-refractivity contribution is 0.335. The number of rotatable bonds is 7. The molecule has 0 spiro atoms. The van der Waals surface area contributed by atoms with Gasteiger partial charge in [0.25, 0.3) is 10.0 Å². The molecule has 28 heavy (non-hydrogen) atoms. The molecule has 2 aliphatic rings. The summed E-state index contributed by atoms with van der Waals surface area (Å²) >= 11 is 0.